The third-order valence-electron chi connectivity index (χ3n) is 7.58. The van der Waals surface area contributed by atoms with Crippen molar-refractivity contribution in [2.75, 3.05) is 0 Å². The summed E-state index contributed by atoms with van der Waals surface area (Å²) in [5, 5.41) is 3.10. The lowest BCUT2D eigenvalue weighted by Crippen LogP contribution is -2.32. The molecule has 4 aromatic carbocycles. The van der Waals surface area contributed by atoms with Crippen molar-refractivity contribution in [3.05, 3.63) is 131 Å². The summed E-state index contributed by atoms with van der Waals surface area (Å²) in [6, 6.07) is 26.7. The predicted molar refractivity (Wildman–Crippen MR) is 177 cm³/mol. The summed E-state index contributed by atoms with van der Waals surface area (Å²) in [6.45, 7) is 8.32. The maximum Gasteiger partial charge on any atom is 0.264 e. The minimum Gasteiger partial charge on any atom is -0.489 e. The van der Waals surface area contributed by atoms with E-state index in [-0.39, 0.29) is 53.9 Å². The summed E-state index contributed by atoms with van der Waals surface area (Å²) in [5.41, 5.74) is 3.45. The first kappa shape index (κ1) is 34.4. The number of rotatable bonds is 14. The number of ether oxygens (including phenoxy) is 1. The fourth-order valence-corrected chi connectivity index (χ4v) is 6.06. The molecule has 0 aliphatic rings. The molecule has 4 rings (SSSR count). The van der Waals surface area contributed by atoms with E-state index >= 15 is 0 Å². The molecule has 242 valence electrons. The number of amides is 2. The summed E-state index contributed by atoms with van der Waals surface area (Å²) in [5.74, 6) is -0.232. The molecule has 0 radical (unpaired) electrons. The largest absolute Gasteiger partial charge is 0.489 e. The molecule has 2 N–H and O–H groups in total. The van der Waals surface area contributed by atoms with E-state index in [0.717, 1.165) is 16.7 Å². The van der Waals surface area contributed by atoms with Crippen LogP contribution in [-0.2, 0) is 27.8 Å². The van der Waals surface area contributed by atoms with Gasteiger partial charge in [-0.05, 0) is 89.4 Å². The Hall–Kier alpha value is -4.50. The van der Waals surface area contributed by atoms with Crippen molar-refractivity contribution in [3.8, 4) is 5.75 Å². The SMILES string of the molecule is CC(C)CC(NC(=O)c1cc(COc2ccccc2)ccc1CCC(=O)NS(=O)(=O)c1ccc(C(C)C)cc1)c1ccc(F)cc1. The number of sulfonamides is 1. The van der Waals surface area contributed by atoms with Crippen LogP contribution in [0.5, 0.6) is 5.75 Å². The summed E-state index contributed by atoms with van der Waals surface area (Å²) in [4.78, 5) is 26.7. The lowest BCUT2D eigenvalue weighted by Gasteiger charge is -2.22. The smallest absolute Gasteiger partial charge is 0.264 e. The van der Waals surface area contributed by atoms with E-state index < -0.39 is 15.9 Å². The molecule has 0 aliphatic carbocycles. The molecular formula is C37H41FN2O5S. The van der Waals surface area contributed by atoms with Gasteiger partial charge in [0.05, 0.1) is 10.9 Å². The Labute approximate surface area is 271 Å². The van der Waals surface area contributed by atoms with Gasteiger partial charge in [-0.3, -0.25) is 9.59 Å². The zero-order valence-electron chi connectivity index (χ0n) is 26.6. The number of para-hydroxylation sites is 1. The monoisotopic (exact) mass is 644 g/mol. The molecule has 0 heterocycles. The second kappa shape index (κ2) is 15.7. The maximum atomic E-state index is 13.8. The minimum absolute atomic E-state index is 0.00470. The Balaban J connectivity index is 1.54. The minimum atomic E-state index is -4.06. The normalized spacial score (nSPS) is 12.2. The van der Waals surface area contributed by atoms with E-state index in [9.17, 15) is 22.4 Å². The first-order valence-electron chi connectivity index (χ1n) is 15.4. The lowest BCUT2D eigenvalue weighted by molar-refractivity contribution is -0.119. The average molecular weight is 645 g/mol. The molecule has 9 heteroatoms. The summed E-state index contributed by atoms with van der Waals surface area (Å²) in [7, 11) is -4.06. The molecule has 0 aromatic heterocycles. The standard InChI is InChI=1S/C37H41FN2O5S/c1-25(2)22-35(30-12-17-31(38)18-13-30)39-37(42)34-23-27(24-45-32-8-6-5-7-9-32)10-11-29(34)16-21-36(41)40-46(43,44)33-19-14-28(15-20-33)26(3)4/h5-15,17-20,23,25-26,35H,16,21-22,24H2,1-4H3,(H,39,42)(H,40,41). The van der Waals surface area contributed by atoms with E-state index in [0.29, 0.717) is 23.3 Å². The third-order valence-corrected chi connectivity index (χ3v) is 8.97. The number of halogens is 1. The third kappa shape index (κ3) is 9.75. The molecular weight excluding hydrogens is 603 g/mol. The van der Waals surface area contributed by atoms with Crippen molar-refractivity contribution in [1.29, 1.82) is 0 Å². The highest BCUT2D eigenvalue weighted by atomic mass is 32.2. The summed E-state index contributed by atoms with van der Waals surface area (Å²) in [6.07, 6.45) is 0.598. The van der Waals surface area contributed by atoms with Gasteiger partial charge in [0.2, 0.25) is 5.91 Å². The van der Waals surface area contributed by atoms with Gasteiger partial charge in [-0.25, -0.2) is 17.5 Å². The number of hydrogen-bond donors (Lipinski definition) is 2. The van der Waals surface area contributed by atoms with Gasteiger partial charge in [0, 0.05) is 12.0 Å². The van der Waals surface area contributed by atoms with Crippen molar-refractivity contribution in [2.24, 2.45) is 5.92 Å². The second-order valence-corrected chi connectivity index (χ2v) is 13.7. The van der Waals surface area contributed by atoms with Gasteiger partial charge in [-0.15, -0.1) is 0 Å². The molecule has 0 aliphatic heterocycles. The number of hydrogen-bond acceptors (Lipinski definition) is 5. The quantitative estimate of drug-likeness (QED) is 0.148. The molecule has 46 heavy (non-hydrogen) atoms. The Bertz CT molecular complexity index is 1720. The summed E-state index contributed by atoms with van der Waals surface area (Å²) < 4.78 is 47.5. The highest BCUT2D eigenvalue weighted by Gasteiger charge is 2.22. The van der Waals surface area contributed by atoms with Crippen LogP contribution < -0.4 is 14.8 Å². The molecule has 0 fully saturated rings. The molecule has 1 unspecified atom stereocenters. The van der Waals surface area contributed by atoms with Crippen molar-refractivity contribution in [2.45, 2.75) is 70.4 Å². The van der Waals surface area contributed by atoms with E-state index in [2.05, 4.69) is 10.0 Å². The fraction of sp³-hybridized carbons (Fsp3) is 0.297. The molecule has 0 saturated carbocycles. The Morgan fingerprint density at radius 3 is 2.11 bits per heavy atom. The summed E-state index contributed by atoms with van der Waals surface area (Å²) >= 11 is 0. The van der Waals surface area contributed by atoms with Crippen LogP contribution in [0.15, 0.2) is 102 Å². The van der Waals surface area contributed by atoms with Crippen molar-refractivity contribution in [1.82, 2.24) is 10.0 Å². The Morgan fingerprint density at radius 2 is 1.48 bits per heavy atom. The van der Waals surface area contributed by atoms with Crippen LogP contribution in [0.25, 0.3) is 0 Å². The first-order valence-corrected chi connectivity index (χ1v) is 16.9. The zero-order chi connectivity index (χ0) is 33.3. The molecule has 2 amide bonds. The number of carbonyl (C=O) groups excluding carboxylic acids is 2. The lowest BCUT2D eigenvalue weighted by atomic mass is 9.95. The van der Waals surface area contributed by atoms with Crippen LogP contribution >= 0.6 is 0 Å². The van der Waals surface area contributed by atoms with Crippen molar-refractivity contribution < 1.29 is 27.1 Å². The maximum absolute atomic E-state index is 13.8. The Morgan fingerprint density at radius 1 is 0.826 bits per heavy atom. The fourth-order valence-electron chi connectivity index (χ4n) is 5.05. The van der Waals surface area contributed by atoms with Crippen LogP contribution in [0.3, 0.4) is 0 Å². The number of aryl methyl sites for hydroxylation is 1. The van der Waals surface area contributed by atoms with Gasteiger partial charge in [0.15, 0.2) is 0 Å². The van der Waals surface area contributed by atoms with Crippen LogP contribution in [0.4, 0.5) is 4.39 Å². The average Bonchev–Trinajstić information content (AvgIpc) is 3.03. The van der Waals surface area contributed by atoms with E-state index in [1.807, 2.05) is 64.1 Å². The van der Waals surface area contributed by atoms with Crippen LogP contribution in [0.2, 0.25) is 0 Å². The first-order chi connectivity index (χ1) is 21.9. The highest BCUT2D eigenvalue weighted by Crippen LogP contribution is 2.24. The molecule has 0 spiro atoms. The Kier molecular flexibility index (Phi) is 11.7. The molecule has 7 nitrogen and oxygen atoms in total. The van der Waals surface area contributed by atoms with E-state index in [1.54, 1.807) is 36.4 Å². The van der Waals surface area contributed by atoms with Gasteiger partial charge < -0.3 is 10.1 Å². The van der Waals surface area contributed by atoms with Crippen molar-refractivity contribution >= 4 is 21.8 Å². The van der Waals surface area contributed by atoms with Crippen molar-refractivity contribution in [3.63, 3.8) is 0 Å². The second-order valence-electron chi connectivity index (χ2n) is 12.1. The topological polar surface area (TPSA) is 102 Å². The van der Waals surface area contributed by atoms with Gasteiger partial charge in [-0.2, -0.15) is 0 Å². The van der Waals surface area contributed by atoms with E-state index in [1.165, 1.54) is 24.3 Å². The van der Waals surface area contributed by atoms with Gasteiger partial charge in [0.1, 0.15) is 18.2 Å². The number of nitrogens with one attached hydrogen (secondary N) is 2. The molecule has 0 saturated heterocycles. The van der Waals surface area contributed by atoms with Gasteiger partial charge in [0.25, 0.3) is 15.9 Å². The van der Waals surface area contributed by atoms with Gasteiger partial charge in [-0.1, -0.05) is 82.3 Å². The van der Waals surface area contributed by atoms with Crippen LogP contribution in [-0.4, -0.2) is 20.2 Å². The van der Waals surface area contributed by atoms with E-state index in [4.69, 9.17) is 4.74 Å². The molecule has 0 bridgehead atoms. The highest BCUT2D eigenvalue weighted by molar-refractivity contribution is 7.90. The van der Waals surface area contributed by atoms with Gasteiger partial charge >= 0.3 is 0 Å². The number of benzene rings is 4. The number of carbonyl (C=O) groups is 2. The van der Waals surface area contributed by atoms with Crippen LogP contribution in [0, 0.1) is 11.7 Å². The molecule has 1 atom stereocenters. The molecule has 4 aromatic rings. The predicted octanol–water partition coefficient (Wildman–Crippen LogP) is 7.48. The van der Waals surface area contributed by atoms with Crippen LogP contribution in [0.1, 0.15) is 85.1 Å². The zero-order valence-corrected chi connectivity index (χ0v) is 27.4.